The van der Waals surface area contributed by atoms with Crippen LogP contribution < -0.4 is 10.6 Å². The van der Waals surface area contributed by atoms with E-state index in [-0.39, 0.29) is 17.9 Å². The fourth-order valence-corrected chi connectivity index (χ4v) is 4.44. The van der Waals surface area contributed by atoms with E-state index in [0.29, 0.717) is 36.7 Å². The van der Waals surface area contributed by atoms with Crippen LogP contribution in [0.1, 0.15) is 55.1 Å². The van der Waals surface area contributed by atoms with Crippen molar-refractivity contribution in [3.63, 3.8) is 0 Å². The molecule has 0 unspecified atom stereocenters. The summed E-state index contributed by atoms with van der Waals surface area (Å²) in [7, 11) is 3.53. The first-order chi connectivity index (χ1) is 17.0. The summed E-state index contributed by atoms with van der Waals surface area (Å²) in [5, 5.41) is 9.25. The Hall–Kier alpha value is -3.62. The number of nitrogens with one attached hydrogen (secondary N) is 2. The standard InChI is InChI=1S/C25H29N7O2S/c1-31(2)24(34)21-14-17-15-27-25(30-23(17)32(21)20-6-3-4-7-20)29-19-11-9-18(10-12-19)28-22(33)8-5-13-26-16-35/h9-12,14-15,20H,3-8,13H2,1-2H3,(H,28,33)(H,27,29,30). The van der Waals surface area contributed by atoms with Crippen LogP contribution in [0.25, 0.3) is 11.0 Å². The maximum Gasteiger partial charge on any atom is 0.270 e. The van der Waals surface area contributed by atoms with Crippen molar-refractivity contribution in [1.29, 1.82) is 0 Å². The molecule has 3 aromatic rings. The van der Waals surface area contributed by atoms with E-state index in [9.17, 15) is 9.59 Å². The van der Waals surface area contributed by atoms with Crippen LogP contribution in [0.5, 0.6) is 0 Å². The zero-order chi connectivity index (χ0) is 24.8. The highest BCUT2D eigenvalue weighted by Gasteiger charge is 2.26. The fourth-order valence-electron chi connectivity index (χ4n) is 4.35. The number of anilines is 3. The lowest BCUT2D eigenvalue weighted by atomic mass is 10.2. The summed E-state index contributed by atoms with van der Waals surface area (Å²) in [6, 6.07) is 9.51. The average Bonchev–Trinajstić information content (AvgIpc) is 3.50. The van der Waals surface area contributed by atoms with E-state index in [1.807, 2.05) is 30.3 Å². The summed E-state index contributed by atoms with van der Waals surface area (Å²) in [5.74, 6) is 0.345. The molecular weight excluding hydrogens is 462 g/mol. The van der Waals surface area contributed by atoms with Crippen molar-refractivity contribution in [2.24, 2.45) is 4.99 Å². The normalized spacial score (nSPS) is 13.4. The molecule has 0 bridgehead atoms. The summed E-state index contributed by atoms with van der Waals surface area (Å²) in [6.07, 6.45) is 7.13. The Labute approximate surface area is 209 Å². The number of hydrogen-bond donors (Lipinski definition) is 2. The van der Waals surface area contributed by atoms with Crippen LogP contribution in [0.15, 0.2) is 41.5 Å². The zero-order valence-electron chi connectivity index (χ0n) is 20.0. The van der Waals surface area contributed by atoms with Crippen molar-refractivity contribution < 1.29 is 9.59 Å². The van der Waals surface area contributed by atoms with Gasteiger partial charge >= 0.3 is 0 Å². The first-order valence-electron chi connectivity index (χ1n) is 11.8. The highest BCUT2D eigenvalue weighted by atomic mass is 32.1. The lowest BCUT2D eigenvalue weighted by Gasteiger charge is -2.19. The highest BCUT2D eigenvalue weighted by molar-refractivity contribution is 7.78. The molecule has 1 aliphatic rings. The van der Waals surface area contributed by atoms with Gasteiger partial charge in [0.25, 0.3) is 5.91 Å². The molecule has 0 aliphatic heterocycles. The molecule has 1 fully saturated rings. The van der Waals surface area contributed by atoms with E-state index in [4.69, 9.17) is 4.98 Å². The largest absolute Gasteiger partial charge is 0.343 e. The number of aliphatic imine (C=N–C) groups is 1. The second-order valence-electron chi connectivity index (χ2n) is 8.84. The molecule has 2 N–H and O–H groups in total. The third-order valence-corrected chi connectivity index (χ3v) is 6.18. The van der Waals surface area contributed by atoms with Gasteiger partial charge in [0.1, 0.15) is 11.3 Å². The molecule has 9 nitrogen and oxygen atoms in total. The number of hydrogen-bond acceptors (Lipinski definition) is 7. The molecule has 4 rings (SSSR count). The maximum absolute atomic E-state index is 12.9. The van der Waals surface area contributed by atoms with Crippen LogP contribution in [0.2, 0.25) is 0 Å². The number of isothiocyanates is 1. The number of aromatic nitrogens is 3. The van der Waals surface area contributed by atoms with Gasteiger partial charge in [-0.2, -0.15) is 4.98 Å². The lowest BCUT2D eigenvalue weighted by Crippen LogP contribution is -2.25. The van der Waals surface area contributed by atoms with Gasteiger partial charge in [-0.25, -0.2) is 9.98 Å². The van der Waals surface area contributed by atoms with Crippen molar-refractivity contribution in [3.05, 3.63) is 42.2 Å². The smallest absolute Gasteiger partial charge is 0.270 e. The summed E-state index contributed by atoms with van der Waals surface area (Å²) >= 11 is 4.52. The van der Waals surface area contributed by atoms with E-state index in [2.05, 4.69) is 42.6 Å². The van der Waals surface area contributed by atoms with E-state index < -0.39 is 0 Å². The fraction of sp³-hybridized carbons (Fsp3) is 0.400. The summed E-state index contributed by atoms with van der Waals surface area (Å²) in [4.78, 5) is 39.5. The highest BCUT2D eigenvalue weighted by Crippen LogP contribution is 2.35. The maximum atomic E-state index is 12.9. The molecule has 0 saturated heterocycles. The Balaban J connectivity index is 1.50. The van der Waals surface area contributed by atoms with Gasteiger partial charge in [0.15, 0.2) is 0 Å². The number of amides is 2. The van der Waals surface area contributed by atoms with Gasteiger partial charge in [0.05, 0.1) is 5.16 Å². The summed E-state index contributed by atoms with van der Waals surface area (Å²) in [5.41, 5.74) is 2.91. The number of thiocarbonyl (C=S) groups is 1. The minimum atomic E-state index is -0.0742. The van der Waals surface area contributed by atoms with Crippen LogP contribution >= 0.6 is 12.2 Å². The molecule has 1 aliphatic carbocycles. The Morgan fingerprint density at radius 1 is 1.20 bits per heavy atom. The van der Waals surface area contributed by atoms with E-state index >= 15 is 0 Å². The van der Waals surface area contributed by atoms with Crippen LogP contribution in [0.4, 0.5) is 17.3 Å². The van der Waals surface area contributed by atoms with Gasteiger partial charge in [0.2, 0.25) is 11.9 Å². The molecular formula is C25H29N7O2S. The molecule has 0 atom stereocenters. The molecule has 35 heavy (non-hydrogen) atoms. The number of carbonyl (C=O) groups is 2. The molecule has 0 spiro atoms. The van der Waals surface area contributed by atoms with Gasteiger partial charge in [-0.1, -0.05) is 12.8 Å². The van der Waals surface area contributed by atoms with E-state index in [1.54, 1.807) is 25.2 Å². The molecule has 1 aromatic carbocycles. The zero-order valence-corrected chi connectivity index (χ0v) is 20.8. The lowest BCUT2D eigenvalue weighted by molar-refractivity contribution is -0.116. The molecule has 10 heteroatoms. The van der Waals surface area contributed by atoms with Gasteiger partial charge in [0, 0.05) is 56.1 Å². The molecule has 182 valence electrons. The SMILES string of the molecule is CN(C)C(=O)c1cc2cnc(Nc3ccc(NC(=O)CCCN=C=S)cc3)nc2n1C1CCCC1. The number of nitrogens with zero attached hydrogens (tertiary/aromatic N) is 5. The van der Waals surface area contributed by atoms with Crippen LogP contribution in [-0.4, -0.2) is 57.1 Å². The molecule has 0 radical (unpaired) electrons. The van der Waals surface area contributed by atoms with Crippen LogP contribution in [-0.2, 0) is 4.79 Å². The first-order valence-corrected chi connectivity index (χ1v) is 12.2. The van der Waals surface area contributed by atoms with Crippen LogP contribution in [0.3, 0.4) is 0 Å². The van der Waals surface area contributed by atoms with Crippen molar-refractivity contribution in [3.8, 4) is 0 Å². The Morgan fingerprint density at radius 2 is 1.91 bits per heavy atom. The summed E-state index contributed by atoms with van der Waals surface area (Å²) < 4.78 is 2.09. The minimum absolute atomic E-state index is 0.0338. The molecule has 2 aromatic heterocycles. The van der Waals surface area contributed by atoms with Crippen molar-refractivity contribution in [1.82, 2.24) is 19.4 Å². The average molecular weight is 492 g/mol. The number of rotatable bonds is 9. The molecule has 2 heterocycles. The van der Waals surface area contributed by atoms with Crippen LogP contribution in [0, 0.1) is 0 Å². The predicted molar refractivity (Wildman–Crippen MR) is 141 cm³/mol. The monoisotopic (exact) mass is 491 g/mol. The second-order valence-corrected chi connectivity index (χ2v) is 9.02. The van der Waals surface area contributed by atoms with E-state index in [0.717, 1.165) is 42.4 Å². The van der Waals surface area contributed by atoms with E-state index in [1.165, 1.54) is 0 Å². The number of fused-ring (bicyclic) bond motifs is 1. The number of carbonyl (C=O) groups excluding carboxylic acids is 2. The Morgan fingerprint density at radius 3 is 2.60 bits per heavy atom. The Bertz CT molecular complexity index is 1260. The third kappa shape index (κ3) is 5.90. The molecule has 1 saturated carbocycles. The Kier molecular flexibility index (Phi) is 7.84. The van der Waals surface area contributed by atoms with Crippen molar-refractivity contribution in [2.75, 3.05) is 31.3 Å². The second kappa shape index (κ2) is 11.2. The van der Waals surface area contributed by atoms with Gasteiger partial charge < -0.3 is 20.1 Å². The van der Waals surface area contributed by atoms with Gasteiger partial charge in [-0.05, 0) is 61.8 Å². The quantitative estimate of drug-likeness (QED) is 0.253. The first kappa shape index (κ1) is 24.5. The topological polar surface area (TPSA) is 105 Å². The minimum Gasteiger partial charge on any atom is -0.343 e. The van der Waals surface area contributed by atoms with Crippen molar-refractivity contribution >= 4 is 57.6 Å². The van der Waals surface area contributed by atoms with Crippen molar-refractivity contribution in [2.45, 2.75) is 44.6 Å². The third-order valence-electron chi connectivity index (χ3n) is 6.05. The number of benzene rings is 1. The van der Waals surface area contributed by atoms with Gasteiger partial charge in [-0.3, -0.25) is 9.59 Å². The molecule has 2 amide bonds. The predicted octanol–water partition coefficient (Wildman–Crippen LogP) is 4.81. The summed E-state index contributed by atoms with van der Waals surface area (Å²) in [6.45, 7) is 0.499. The van der Waals surface area contributed by atoms with Gasteiger partial charge in [-0.15, -0.1) is 0 Å².